The Kier molecular flexibility index (Phi) is 5.01. The summed E-state index contributed by atoms with van der Waals surface area (Å²) in [6.07, 6.45) is 8.41. The van der Waals surface area contributed by atoms with Crippen LogP contribution in [0.3, 0.4) is 0 Å². The molecule has 0 aromatic carbocycles. The van der Waals surface area contributed by atoms with Crippen LogP contribution in [0.1, 0.15) is 51.9 Å². The number of hydrogen-bond acceptors (Lipinski definition) is 3. The summed E-state index contributed by atoms with van der Waals surface area (Å²) >= 11 is 0. The van der Waals surface area contributed by atoms with Crippen molar-refractivity contribution in [2.45, 2.75) is 76.1 Å². The van der Waals surface area contributed by atoms with Crippen LogP contribution in [0.2, 0.25) is 0 Å². The predicted molar refractivity (Wildman–Crippen MR) is 71.4 cm³/mol. The van der Waals surface area contributed by atoms with Gasteiger partial charge in [0.05, 0.1) is 12.1 Å². The fourth-order valence-electron chi connectivity index (χ4n) is 3.13. The van der Waals surface area contributed by atoms with E-state index in [0.717, 1.165) is 32.1 Å². The average Bonchev–Trinajstić information content (AvgIpc) is 3.00. The maximum absolute atomic E-state index is 12.0. The molecule has 2 N–H and O–H groups in total. The van der Waals surface area contributed by atoms with E-state index in [9.17, 15) is 4.79 Å². The van der Waals surface area contributed by atoms with E-state index in [4.69, 9.17) is 4.74 Å². The zero-order chi connectivity index (χ0) is 13.0. The number of rotatable bonds is 5. The third-order valence-electron chi connectivity index (χ3n) is 4.30. The number of carbonyl (C=O) groups excluding carboxylic acids is 1. The van der Waals surface area contributed by atoms with Gasteiger partial charge in [-0.3, -0.25) is 4.79 Å². The second kappa shape index (κ2) is 6.53. The summed E-state index contributed by atoms with van der Waals surface area (Å²) in [7, 11) is 1.77. The molecule has 2 aliphatic carbocycles. The first kappa shape index (κ1) is 13.8. The quantitative estimate of drug-likeness (QED) is 0.783. The molecule has 2 aliphatic rings. The first-order valence-electron chi connectivity index (χ1n) is 7.28. The summed E-state index contributed by atoms with van der Waals surface area (Å²) in [5.74, 6) is 0.155. The highest BCUT2D eigenvalue weighted by Crippen LogP contribution is 2.22. The summed E-state index contributed by atoms with van der Waals surface area (Å²) in [6.45, 7) is 1.96. The molecule has 0 aliphatic heterocycles. The van der Waals surface area contributed by atoms with E-state index >= 15 is 0 Å². The van der Waals surface area contributed by atoms with Crippen molar-refractivity contribution in [1.29, 1.82) is 0 Å². The number of hydrogen-bond donors (Lipinski definition) is 2. The molecule has 2 fully saturated rings. The van der Waals surface area contributed by atoms with E-state index in [-0.39, 0.29) is 11.9 Å². The lowest BCUT2D eigenvalue weighted by Crippen LogP contribution is -2.48. The van der Waals surface area contributed by atoms with Crippen LogP contribution in [0.5, 0.6) is 0 Å². The summed E-state index contributed by atoms with van der Waals surface area (Å²) in [4.78, 5) is 12.0. The minimum absolute atomic E-state index is 0.0915. The van der Waals surface area contributed by atoms with E-state index in [1.807, 2.05) is 6.92 Å². The van der Waals surface area contributed by atoms with Crippen LogP contribution < -0.4 is 10.6 Å². The maximum atomic E-state index is 12.0. The summed E-state index contributed by atoms with van der Waals surface area (Å²) < 4.78 is 5.35. The molecule has 2 rings (SSSR count). The van der Waals surface area contributed by atoms with Gasteiger partial charge in [-0.2, -0.15) is 0 Å². The summed E-state index contributed by atoms with van der Waals surface area (Å²) in [5, 5.41) is 6.57. The van der Waals surface area contributed by atoms with Crippen molar-refractivity contribution in [2.24, 2.45) is 0 Å². The Labute approximate surface area is 110 Å². The smallest absolute Gasteiger partial charge is 0.237 e. The van der Waals surface area contributed by atoms with Crippen LogP contribution >= 0.6 is 0 Å². The van der Waals surface area contributed by atoms with Gasteiger partial charge in [-0.1, -0.05) is 12.8 Å². The molecular weight excluding hydrogens is 228 g/mol. The average molecular weight is 254 g/mol. The van der Waals surface area contributed by atoms with Crippen molar-refractivity contribution in [3.8, 4) is 0 Å². The number of ether oxygens (including phenoxy) is 1. The largest absolute Gasteiger partial charge is 0.381 e. The van der Waals surface area contributed by atoms with Crippen LogP contribution in [0.25, 0.3) is 0 Å². The van der Waals surface area contributed by atoms with Crippen LogP contribution in [0, 0.1) is 0 Å². The third-order valence-corrected chi connectivity index (χ3v) is 4.30. The molecule has 0 radical (unpaired) electrons. The zero-order valence-corrected chi connectivity index (χ0v) is 11.6. The van der Waals surface area contributed by atoms with Gasteiger partial charge in [0.25, 0.3) is 0 Å². The predicted octanol–water partition coefficient (Wildman–Crippen LogP) is 1.59. The molecule has 0 heterocycles. The molecular formula is C14H26N2O2. The molecule has 3 atom stereocenters. The van der Waals surface area contributed by atoms with Crippen LogP contribution in [-0.4, -0.2) is 37.2 Å². The minimum Gasteiger partial charge on any atom is -0.381 e. The minimum atomic E-state index is -0.0915. The van der Waals surface area contributed by atoms with E-state index in [1.165, 1.54) is 12.8 Å². The van der Waals surface area contributed by atoms with E-state index in [0.29, 0.717) is 18.2 Å². The van der Waals surface area contributed by atoms with Crippen molar-refractivity contribution in [1.82, 2.24) is 10.6 Å². The molecule has 0 saturated heterocycles. The lowest BCUT2D eigenvalue weighted by molar-refractivity contribution is -0.123. The van der Waals surface area contributed by atoms with Crippen LogP contribution in [-0.2, 0) is 9.53 Å². The van der Waals surface area contributed by atoms with Crippen molar-refractivity contribution in [2.75, 3.05) is 7.11 Å². The maximum Gasteiger partial charge on any atom is 0.237 e. The van der Waals surface area contributed by atoms with Crippen molar-refractivity contribution >= 4 is 5.91 Å². The topological polar surface area (TPSA) is 50.4 Å². The standard InChI is InChI=1S/C14H26N2O2/c1-10(14(17)16-11-5-3-4-6-11)15-12-7-8-13(9-12)18-2/h10-13,15H,3-9H2,1-2H3,(H,16,17). The number of nitrogens with one attached hydrogen (secondary N) is 2. The molecule has 4 nitrogen and oxygen atoms in total. The molecule has 2 saturated carbocycles. The van der Waals surface area contributed by atoms with Gasteiger partial charge in [-0.25, -0.2) is 0 Å². The van der Waals surface area contributed by atoms with E-state index in [1.54, 1.807) is 7.11 Å². The zero-order valence-electron chi connectivity index (χ0n) is 11.6. The normalized spacial score (nSPS) is 30.6. The van der Waals surface area contributed by atoms with Gasteiger partial charge in [-0.15, -0.1) is 0 Å². The van der Waals surface area contributed by atoms with Gasteiger partial charge in [0.2, 0.25) is 5.91 Å². The van der Waals surface area contributed by atoms with Crippen LogP contribution in [0.15, 0.2) is 0 Å². The Morgan fingerprint density at radius 1 is 1.17 bits per heavy atom. The van der Waals surface area contributed by atoms with Gasteiger partial charge in [0.1, 0.15) is 0 Å². The van der Waals surface area contributed by atoms with E-state index in [2.05, 4.69) is 10.6 Å². The molecule has 4 heteroatoms. The Morgan fingerprint density at radius 3 is 2.50 bits per heavy atom. The highest BCUT2D eigenvalue weighted by molar-refractivity contribution is 5.81. The second-order valence-corrected chi connectivity index (χ2v) is 5.75. The first-order chi connectivity index (χ1) is 8.69. The van der Waals surface area contributed by atoms with Gasteiger partial charge < -0.3 is 15.4 Å². The molecule has 0 aromatic rings. The monoisotopic (exact) mass is 254 g/mol. The van der Waals surface area contributed by atoms with E-state index < -0.39 is 0 Å². The molecule has 18 heavy (non-hydrogen) atoms. The van der Waals surface area contributed by atoms with Crippen molar-refractivity contribution in [3.05, 3.63) is 0 Å². The number of amides is 1. The fourth-order valence-corrected chi connectivity index (χ4v) is 3.13. The number of methoxy groups -OCH3 is 1. The summed E-state index contributed by atoms with van der Waals surface area (Å²) in [6, 6.07) is 0.752. The fraction of sp³-hybridized carbons (Fsp3) is 0.929. The Hall–Kier alpha value is -0.610. The SMILES string of the molecule is COC1CCC(NC(C)C(=O)NC2CCCC2)C1. The molecule has 0 spiro atoms. The van der Waals surface area contributed by atoms with Gasteiger partial charge >= 0.3 is 0 Å². The molecule has 0 bridgehead atoms. The van der Waals surface area contributed by atoms with Crippen molar-refractivity contribution in [3.63, 3.8) is 0 Å². The Balaban J connectivity index is 1.70. The van der Waals surface area contributed by atoms with Gasteiger partial charge in [0, 0.05) is 19.2 Å². The Bertz CT molecular complexity index is 277. The number of carbonyl (C=O) groups is 1. The molecule has 1 amide bonds. The highest BCUT2D eigenvalue weighted by Gasteiger charge is 2.27. The third kappa shape index (κ3) is 3.69. The first-order valence-corrected chi connectivity index (χ1v) is 7.28. The van der Waals surface area contributed by atoms with Gasteiger partial charge in [-0.05, 0) is 39.0 Å². The molecule has 0 aromatic heterocycles. The lowest BCUT2D eigenvalue weighted by Gasteiger charge is -2.21. The second-order valence-electron chi connectivity index (χ2n) is 5.75. The highest BCUT2D eigenvalue weighted by atomic mass is 16.5. The summed E-state index contributed by atoms with van der Waals surface area (Å²) in [5.41, 5.74) is 0. The Morgan fingerprint density at radius 2 is 1.89 bits per heavy atom. The van der Waals surface area contributed by atoms with Crippen LogP contribution in [0.4, 0.5) is 0 Å². The van der Waals surface area contributed by atoms with Gasteiger partial charge in [0.15, 0.2) is 0 Å². The van der Waals surface area contributed by atoms with Crippen molar-refractivity contribution < 1.29 is 9.53 Å². The molecule has 104 valence electrons. The molecule has 3 unspecified atom stereocenters. The lowest BCUT2D eigenvalue weighted by atomic mass is 10.2.